The molecule has 368 valence electrons. The van der Waals surface area contributed by atoms with Gasteiger partial charge in [-0.05, 0) is 234 Å². The van der Waals surface area contributed by atoms with Crippen molar-refractivity contribution in [1.29, 1.82) is 0 Å². The van der Waals surface area contributed by atoms with Gasteiger partial charge in [0.1, 0.15) is 0 Å². The third-order valence-electron chi connectivity index (χ3n) is 25.8. The van der Waals surface area contributed by atoms with Gasteiger partial charge in [0.2, 0.25) is 0 Å². The van der Waals surface area contributed by atoms with Crippen molar-refractivity contribution in [3.05, 3.63) is 0 Å². The van der Waals surface area contributed by atoms with E-state index in [9.17, 15) is 0 Å². The molecule has 12 fully saturated rings. The van der Waals surface area contributed by atoms with Gasteiger partial charge >= 0.3 is 0 Å². The van der Waals surface area contributed by atoms with Gasteiger partial charge in [-0.3, -0.25) is 0 Å². The zero-order valence-corrected chi connectivity index (χ0v) is 42.9. The van der Waals surface area contributed by atoms with Crippen molar-refractivity contribution in [3.63, 3.8) is 0 Å². The summed E-state index contributed by atoms with van der Waals surface area (Å²) in [5, 5.41) is 4.44. The van der Waals surface area contributed by atoms with E-state index in [2.05, 4.69) is 5.32 Å². The molecule has 12 aliphatic carbocycles. The van der Waals surface area contributed by atoms with E-state index in [1.165, 1.54) is 25.7 Å². The van der Waals surface area contributed by atoms with Gasteiger partial charge in [0.25, 0.3) is 0 Å². The van der Waals surface area contributed by atoms with Gasteiger partial charge < -0.3 is 5.32 Å². The largest absolute Gasteiger partial charge is 0.311 e. The summed E-state index contributed by atoms with van der Waals surface area (Å²) in [5.74, 6) is 22.2. The molecular weight excluding hydrogens is 783 g/mol. The number of nitrogens with one attached hydrogen (secondary N) is 1. The van der Waals surface area contributed by atoms with Crippen LogP contribution in [-0.2, 0) is 0 Å². The van der Waals surface area contributed by atoms with Gasteiger partial charge in [-0.25, -0.2) is 0 Å². The molecule has 0 spiro atoms. The summed E-state index contributed by atoms with van der Waals surface area (Å²) in [5.41, 5.74) is 0. The van der Waals surface area contributed by atoms with Crippen LogP contribution in [-0.4, -0.2) is 12.1 Å². The zero-order valence-electron chi connectivity index (χ0n) is 42.9. The van der Waals surface area contributed by atoms with E-state index in [-0.39, 0.29) is 0 Å². The number of fused-ring (bicyclic) bond motifs is 4. The smallest absolute Gasteiger partial charge is 0.00698 e. The van der Waals surface area contributed by atoms with Crippen LogP contribution >= 0.6 is 0 Å². The van der Waals surface area contributed by atoms with Crippen molar-refractivity contribution >= 4 is 0 Å². The molecule has 12 rings (SSSR count). The Balaban J connectivity index is 0.660. The van der Waals surface area contributed by atoms with Crippen LogP contribution in [0, 0.1) is 118 Å². The normalized spacial score (nSPS) is 48.9. The van der Waals surface area contributed by atoms with Gasteiger partial charge in [-0.2, -0.15) is 0 Å². The Labute approximate surface area is 403 Å². The third-order valence-corrected chi connectivity index (χ3v) is 25.8. The van der Waals surface area contributed by atoms with E-state index in [0.29, 0.717) is 0 Å². The lowest BCUT2D eigenvalue weighted by Gasteiger charge is -2.61. The van der Waals surface area contributed by atoms with Crippen molar-refractivity contribution in [3.8, 4) is 0 Å². The lowest BCUT2D eigenvalue weighted by molar-refractivity contribution is -0.124. The summed E-state index contributed by atoms with van der Waals surface area (Å²) in [6.07, 6.45) is 66.6. The molecule has 65 heavy (non-hydrogen) atoms. The zero-order chi connectivity index (χ0) is 43.1. The maximum atomic E-state index is 4.44. The van der Waals surface area contributed by atoms with Crippen LogP contribution in [0.15, 0.2) is 0 Å². The van der Waals surface area contributed by atoms with Crippen molar-refractivity contribution in [2.45, 2.75) is 282 Å². The number of hydrogen-bond donors (Lipinski definition) is 1. The number of rotatable bonds is 8. The summed E-state index contributed by atoms with van der Waals surface area (Å²) >= 11 is 0. The minimum Gasteiger partial charge on any atom is -0.311 e. The molecule has 0 radical (unpaired) electrons. The minimum absolute atomic E-state index is 0.835. The van der Waals surface area contributed by atoms with Gasteiger partial charge in [0, 0.05) is 12.1 Å². The van der Waals surface area contributed by atoms with Gasteiger partial charge in [0.15, 0.2) is 0 Å². The Morgan fingerprint density at radius 1 is 0.169 bits per heavy atom. The lowest BCUT2D eigenvalue weighted by atomic mass is 9.44. The quantitative estimate of drug-likeness (QED) is 0.256. The van der Waals surface area contributed by atoms with Crippen LogP contribution in [0.3, 0.4) is 0 Å². The Hall–Kier alpha value is -0.0400. The van der Waals surface area contributed by atoms with Gasteiger partial charge in [-0.15, -0.1) is 0 Å². The first-order valence-electron chi connectivity index (χ1n) is 32.0. The van der Waals surface area contributed by atoms with E-state index >= 15 is 0 Å². The average molecular weight is 891 g/mol. The SMILES string of the molecule is C1CCC(C2C3CCCCC3C(C3CCCCC3)C3CC(C4CCC(NC5CCC(C6CCC7C(C6)C(C6CCCCC6)C6CCCCC6C7C6CCCCC6)CC5)CC4)CCC32)CC1. The monoisotopic (exact) mass is 890 g/mol. The second-order valence-corrected chi connectivity index (χ2v) is 28.3. The Kier molecular flexibility index (Phi) is 15.1. The van der Waals surface area contributed by atoms with E-state index in [1.54, 1.807) is 244 Å². The first kappa shape index (κ1) is 46.1. The Bertz CT molecular complexity index is 1330. The fraction of sp³-hybridized carbons (Fsp3) is 1.00. The molecule has 12 saturated carbocycles. The molecule has 0 amide bonds. The first-order valence-corrected chi connectivity index (χ1v) is 32.0. The highest BCUT2D eigenvalue weighted by Gasteiger charge is 2.58. The molecule has 1 N–H and O–H groups in total. The highest BCUT2D eigenvalue weighted by Crippen LogP contribution is 2.65. The molecule has 0 aliphatic heterocycles. The molecule has 0 bridgehead atoms. The minimum atomic E-state index is 0.835. The summed E-state index contributed by atoms with van der Waals surface area (Å²) < 4.78 is 0. The Morgan fingerprint density at radius 3 is 0.723 bits per heavy atom. The highest BCUT2D eigenvalue weighted by molar-refractivity contribution is 5.07. The molecule has 12 aliphatic rings. The molecule has 0 aromatic rings. The predicted molar refractivity (Wildman–Crippen MR) is 274 cm³/mol. The van der Waals surface area contributed by atoms with Gasteiger partial charge in [0.05, 0.1) is 0 Å². The second kappa shape index (κ2) is 21.4. The summed E-state index contributed by atoms with van der Waals surface area (Å²) in [7, 11) is 0. The molecular formula is C64H107N. The van der Waals surface area contributed by atoms with E-state index in [0.717, 1.165) is 130 Å². The topological polar surface area (TPSA) is 12.0 Å². The van der Waals surface area contributed by atoms with Crippen molar-refractivity contribution in [2.75, 3.05) is 0 Å². The Morgan fingerprint density at radius 2 is 0.415 bits per heavy atom. The average Bonchev–Trinajstić information content (AvgIpc) is 3.38. The molecule has 0 saturated heterocycles. The van der Waals surface area contributed by atoms with Crippen LogP contribution in [0.25, 0.3) is 0 Å². The summed E-state index contributed by atoms with van der Waals surface area (Å²) in [4.78, 5) is 0. The number of hydrogen-bond acceptors (Lipinski definition) is 1. The van der Waals surface area contributed by atoms with E-state index in [4.69, 9.17) is 0 Å². The predicted octanol–water partition coefficient (Wildman–Crippen LogP) is 18.2. The molecule has 14 unspecified atom stereocenters. The van der Waals surface area contributed by atoms with Crippen LogP contribution in [0.4, 0.5) is 0 Å². The maximum absolute atomic E-state index is 4.44. The summed E-state index contributed by atoms with van der Waals surface area (Å²) in [6.45, 7) is 0. The van der Waals surface area contributed by atoms with Crippen LogP contribution in [0.2, 0.25) is 0 Å². The maximum Gasteiger partial charge on any atom is 0.00698 e. The molecule has 0 aromatic carbocycles. The third kappa shape index (κ3) is 9.60. The molecule has 0 aromatic heterocycles. The van der Waals surface area contributed by atoms with Crippen LogP contribution in [0.1, 0.15) is 270 Å². The molecule has 14 atom stereocenters. The highest BCUT2D eigenvalue weighted by atomic mass is 15.0. The fourth-order valence-electron chi connectivity index (χ4n) is 23.5. The fourth-order valence-corrected chi connectivity index (χ4v) is 23.5. The summed E-state index contributed by atoms with van der Waals surface area (Å²) in [6, 6.07) is 1.67. The van der Waals surface area contributed by atoms with E-state index in [1.807, 2.05) is 0 Å². The standard InChI is InChI=1S/C64H107N/c1-5-17-45(18-6-1)61-53-25-13-15-27-55(53)63(47-21-9-3-10-22-47)59-41-49(33-39-57(59)61)43-29-35-51(36-30-43)65-52-37-31-44(32-38-52)50-34-40-58-60(42-50)64(48-23-11-4-12-24-48)56-28-16-14-26-54(56)62(58)46-19-7-2-8-20-46/h43-65H,1-42H2. The first-order chi connectivity index (χ1) is 32.2. The molecule has 1 nitrogen and oxygen atoms in total. The van der Waals surface area contributed by atoms with Crippen molar-refractivity contribution in [1.82, 2.24) is 5.32 Å². The van der Waals surface area contributed by atoms with Crippen LogP contribution < -0.4 is 5.32 Å². The lowest BCUT2D eigenvalue weighted by Crippen LogP contribution is -2.54. The van der Waals surface area contributed by atoms with Gasteiger partial charge in [-0.1, -0.05) is 154 Å². The molecule has 0 heterocycles. The van der Waals surface area contributed by atoms with Crippen molar-refractivity contribution < 1.29 is 0 Å². The van der Waals surface area contributed by atoms with Crippen LogP contribution in [0.5, 0.6) is 0 Å². The van der Waals surface area contributed by atoms with E-state index < -0.39 is 0 Å². The van der Waals surface area contributed by atoms with Crippen molar-refractivity contribution in [2.24, 2.45) is 118 Å². The second-order valence-electron chi connectivity index (χ2n) is 28.3. The molecule has 1 heteroatoms.